The summed E-state index contributed by atoms with van der Waals surface area (Å²) in [4.78, 5) is 4.16. The zero-order chi connectivity index (χ0) is 17.0. The monoisotopic (exact) mass is 347 g/mol. The highest BCUT2D eigenvalue weighted by molar-refractivity contribution is 7.90. The van der Waals surface area contributed by atoms with E-state index in [1.54, 1.807) is 7.05 Å². The molecule has 0 spiro atoms. The zero-order valence-electron chi connectivity index (χ0n) is 14.6. The minimum absolute atomic E-state index is 0.0704. The van der Waals surface area contributed by atoms with E-state index >= 15 is 0 Å². The summed E-state index contributed by atoms with van der Waals surface area (Å²) >= 11 is 0. The third-order valence-corrected chi connectivity index (χ3v) is 5.08. The Morgan fingerprint density at radius 2 is 1.83 bits per heavy atom. The molecule has 0 bridgehead atoms. The molecule has 23 heavy (non-hydrogen) atoms. The van der Waals surface area contributed by atoms with Crippen molar-refractivity contribution in [3.63, 3.8) is 0 Å². The highest BCUT2D eigenvalue weighted by atomic mass is 32.2. The maximum atomic E-state index is 10.9. The van der Waals surface area contributed by atoms with Crippen molar-refractivity contribution in [2.45, 2.75) is 44.9 Å². The fourth-order valence-electron chi connectivity index (χ4n) is 2.84. The molecule has 0 atom stereocenters. The van der Waals surface area contributed by atoms with Crippen molar-refractivity contribution in [2.24, 2.45) is 10.9 Å². The molecule has 1 fully saturated rings. The Hall–Kier alpha value is -0.820. The van der Waals surface area contributed by atoms with Gasteiger partial charge in [-0.3, -0.25) is 4.99 Å². The van der Waals surface area contributed by atoms with Gasteiger partial charge in [-0.1, -0.05) is 38.5 Å². The summed E-state index contributed by atoms with van der Waals surface area (Å²) in [6.45, 7) is 2.26. The highest BCUT2D eigenvalue weighted by Gasteiger charge is 2.13. The van der Waals surface area contributed by atoms with Crippen LogP contribution in [0.1, 0.15) is 44.9 Å². The van der Waals surface area contributed by atoms with E-state index in [9.17, 15) is 8.42 Å². The summed E-state index contributed by atoms with van der Waals surface area (Å²) in [5.41, 5.74) is 0. The van der Waals surface area contributed by atoms with Gasteiger partial charge in [0.2, 0.25) is 0 Å². The predicted molar refractivity (Wildman–Crippen MR) is 95.7 cm³/mol. The number of sulfone groups is 1. The number of unbranched alkanes of at least 4 members (excludes halogenated alkanes) is 1. The van der Waals surface area contributed by atoms with Crippen LogP contribution in [-0.4, -0.2) is 59.7 Å². The maximum absolute atomic E-state index is 10.9. The summed E-state index contributed by atoms with van der Waals surface area (Å²) in [5, 5.41) is 6.46. The van der Waals surface area contributed by atoms with Crippen LogP contribution in [0.25, 0.3) is 0 Å². The van der Waals surface area contributed by atoms with Crippen LogP contribution >= 0.6 is 0 Å². The van der Waals surface area contributed by atoms with E-state index < -0.39 is 9.84 Å². The second-order valence-electron chi connectivity index (χ2n) is 6.31. The molecule has 136 valence electrons. The van der Waals surface area contributed by atoms with Crippen molar-refractivity contribution in [1.82, 2.24) is 10.6 Å². The van der Waals surface area contributed by atoms with Gasteiger partial charge >= 0.3 is 0 Å². The van der Waals surface area contributed by atoms with Crippen molar-refractivity contribution >= 4 is 15.8 Å². The Morgan fingerprint density at radius 3 is 2.48 bits per heavy atom. The molecular weight excluding hydrogens is 314 g/mol. The van der Waals surface area contributed by atoms with Gasteiger partial charge in [0.05, 0.1) is 19.0 Å². The molecule has 0 heterocycles. The van der Waals surface area contributed by atoms with Crippen LogP contribution in [0.5, 0.6) is 0 Å². The van der Waals surface area contributed by atoms with Crippen LogP contribution in [0.3, 0.4) is 0 Å². The number of nitrogens with zero attached hydrogens (tertiary/aromatic N) is 1. The lowest BCUT2D eigenvalue weighted by Gasteiger charge is -2.13. The molecule has 1 saturated carbocycles. The number of aliphatic imine (C=N–C) groups is 1. The van der Waals surface area contributed by atoms with Crippen LogP contribution < -0.4 is 10.6 Å². The van der Waals surface area contributed by atoms with Crippen LogP contribution in [0.4, 0.5) is 0 Å². The Morgan fingerprint density at radius 1 is 1.13 bits per heavy atom. The van der Waals surface area contributed by atoms with Gasteiger partial charge in [-0.05, 0) is 12.3 Å². The molecular formula is C16H33N3O3S. The van der Waals surface area contributed by atoms with Crippen LogP contribution in [0.15, 0.2) is 4.99 Å². The minimum atomic E-state index is -2.94. The molecule has 0 amide bonds. The molecule has 0 aromatic carbocycles. The molecule has 2 N–H and O–H groups in total. The van der Waals surface area contributed by atoms with Gasteiger partial charge in [0.1, 0.15) is 9.84 Å². The predicted octanol–water partition coefficient (Wildman–Crippen LogP) is 1.57. The summed E-state index contributed by atoms with van der Waals surface area (Å²) in [7, 11) is -1.19. The second-order valence-corrected chi connectivity index (χ2v) is 8.57. The number of hydrogen-bond donors (Lipinski definition) is 2. The summed E-state index contributed by atoms with van der Waals surface area (Å²) in [6, 6.07) is 0. The molecule has 6 nitrogen and oxygen atoms in total. The van der Waals surface area contributed by atoms with E-state index in [1.165, 1.54) is 51.2 Å². The third kappa shape index (κ3) is 11.4. The van der Waals surface area contributed by atoms with Crippen molar-refractivity contribution in [3.05, 3.63) is 0 Å². The minimum Gasteiger partial charge on any atom is -0.379 e. The van der Waals surface area contributed by atoms with Gasteiger partial charge < -0.3 is 15.4 Å². The summed E-state index contributed by atoms with van der Waals surface area (Å²) < 4.78 is 27.2. The summed E-state index contributed by atoms with van der Waals surface area (Å²) in [6.07, 6.45) is 10.7. The number of rotatable bonds is 11. The van der Waals surface area contributed by atoms with Crippen molar-refractivity contribution in [2.75, 3.05) is 45.4 Å². The fraction of sp³-hybridized carbons (Fsp3) is 0.938. The summed E-state index contributed by atoms with van der Waals surface area (Å²) in [5.74, 6) is 1.81. The van der Waals surface area contributed by atoms with E-state index in [1.807, 2.05) is 0 Å². The Balaban J connectivity index is 1.95. The third-order valence-electron chi connectivity index (χ3n) is 4.17. The van der Waals surface area contributed by atoms with Gasteiger partial charge in [0.15, 0.2) is 5.96 Å². The van der Waals surface area contributed by atoms with E-state index in [2.05, 4.69) is 15.6 Å². The molecule has 0 aromatic rings. The lowest BCUT2D eigenvalue weighted by Crippen LogP contribution is -2.39. The largest absolute Gasteiger partial charge is 0.379 e. The SMILES string of the molecule is CN=C(NCCCCC1CCCC1)NCCOCCS(C)(=O)=O. The molecule has 0 radical (unpaired) electrons. The zero-order valence-corrected chi connectivity index (χ0v) is 15.5. The molecule has 0 saturated heterocycles. The first-order valence-electron chi connectivity index (χ1n) is 8.71. The van der Waals surface area contributed by atoms with Gasteiger partial charge in [-0.25, -0.2) is 8.42 Å². The first-order chi connectivity index (χ1) is 11.0. The molecule has 0 aliphatic heterocycles. The van der Waals surface area contributed by atoms with E-state index in [4.69, 9.17) is 4.74 Å². The van der Waals surface area contributed by atoms with Gasteiger partial charge in [0, 0.05) is 26.4 Å². The molecule has 1 aliphatic rings. The average Bonchev–Trinajstić information content (AvgIpc) is 3.00. The lowest BCUT2D eigenvalue weighted by molar-refractivity contribution is 0.154. The van der Waals surface area contributed by atoms with Gasteiger partial charge in [-0.2, -0.15) is 0 Å². The first-order valence-corrected chi connectivity index (χ1v) is 10.8. The Kier molecular flexibility index (Phi) is 10.3. The van der Waals surface area contributed by atoms with Gasteiger partial charge in [-0.15, -0.1) is 0 Å². The smallest absolute Gasteiger partial charge is 0.191 e. The topological polar surface area (TPSA) is 79.8 Å². The molecule has 1 rings (SSSR count). The first kappa shape index (κ1) is 20.2. The molecule has 0 unspecified atom stereocenters. The van der Waals surface area contributed by atoms with Gasteiger partial charge in [0.25, 0.3) is 0 Å². The lowest BCUT2D eigenvalue weighted by atomic mass is 10.0. The van der Waals surface area contributed by atoms with Crippen LogP contribution in [-0.2, 0) is 14.6 Å². The number of guanidine groups is 1. The number of hydrogen-bond acceptors (Lipinski definition) is 4. The standard InChI is InChI=1S/C16H33N3O3S/c1-17-16(19-11-12-22-13-14-23(2,20)21)18-10-6-5-9-15-7-3-4-8-15/h15H,3-14H2,1-2H3,(H2,17,18,19). The van der Waals surface area contributed by atoms with Crippen molar-refractivity contribution < 1.29 is 13.2 Å². The molecule has 0 aromatic heterocycles. The van der Waals surface area contributed by atoms with E-state index in [-0.39, 0.29) is 12.4 Å². The number of nitrogens with one attached hydrogen (secondary N) is 2. The van der Waals surface area contributed by atoms with Crippen LogP contribution in [0.2, 0.25) is 0 Å². The Labute approximate surface area is 141 Å². The Bertz CT molecular complexity index is 432. The van der Waals surface area contributed by atoms with E-state index in [0.717, 1.165) is 18.4 Å². The van der Waals surface area contributed by atoms with E-state index in [0.29, 0.717) is 13.2 Å². The van der Waals surface area contributed by atoms with Crippen molar-refractivity contribution in [1.29, 1.82) is 0 Å². The molecule has 1 aliphatic carbocycles. The number of ether oxygens (including phenoxy) is 1. The van der Waals surface area contributed by atoms with Crippen molar-refractivity contribution in [3.8, 4) is 0 Å². The average molecular weight is 348 g/mol. The fourth-order valence-corrected chi connectivity index (χ4v) is 3.26. The van der Waals surface area contributed by atoms with Crippen LogP contribution in [0, 0.1) is 5.92 Å². The second kappa shape index (κ2) is 11.7. The highest BCUT2D eigenvalue weighted by Crippen LogP contribution is 2.28. The quantitative estimate of drug-likeness (QED) is 0.337. The maximum Gasteiger partial charge on any atom is 0.191 e. The normalized spacial score (nSPS) is 16.7. The molecule has 7 heteroatoms.